The van der Waals surface area contributed by atoms with E-state index in [9.17, 15) is 14.7 Å². The van der Waals surface area contributed by atoms with Crippen LogP contribution in [0.25, 0.3) is 10.9 Å². The summed E-state index contributed by atoms with van der Waals surface area (Å²) in [7, 11) is 1.41. The van der Waals surface area contributed by atoms with E-state index in [0.29, 0.717) is 11.6 Å². The topological polar surface area (TPSA) is 85.4 Å². The Kier molecular flexibility index (Phi) is 5.66. The number of nitrogens with zero attached hydrogens (tertiary/aromatic N) is 1. The first-order valence-electron chi connectivity index (χ1n) is 8.48. The predicted octanol–water partition coefficient (Wildman–Crippen LogP) is 3.66. The third kappa shape index (κ3) is 4.41. The van der Waals surface area contributed by atoms with Gasteiger partial charge >= 0.3 is 6.09 Å². The number of H-pyrrole nitrogens is 1. The van der Waals surface area contributed by atoms with E-state index in [0.717, 1.165) is 26.9 Å². The maximum atomic E-state index is 12.7. The highest BCUT2D eigenvalue weighted by molar-refractivity contribution is 6.30. The fourth-order valence-corrected chi connectivity index (χ4v) is 3.08. The number of para-hydroxylation sites is 1. The number of hydrogen-bond donors (Lipinski definition) is 3. The van der Waals surface area contributed by atoms with Gasteiger partial charge in [-0.05, 0) is 29.3 Å². The van der Waals surface area contributed by atoms with Crippen LogP contribution in [0.4, 0.5) is 4.79 Å². The molecule has 0 fully saturated rings. The average molecular weight is 386 g/mol. The Balaban J connectivity index is 1.77. The number of aromatic amines is 1. The SMILES string of the molecule is CN(C(=O)O)[C@@H](Cc1c[nH]c2ccccc12)C(=O)NCc1ccc(Cl)cc1. The van der Waals surface area contributed by atoms with E-state index in [-0.39, 0.29) is 12.3 Å². The summed E-state index contributed by atoms with van der Waals surface area (Å²) in [4.78, 5) is 28.4. The minimum Gasteiger partial charge on any atom is -0.465 e. The number of benzene rings is 2. The highest BCUT2D eigenvalue weighted by Crippen LogP contribution is 2.20. The van der Waals surface area contributed by atoms with E-state index >= 15 is 0 Å². The molecule has 1 heterocycles. The monoisotopic (exact) mass is 385 g/mol. The zero-order chi connectivity index (χ0) is 19.4. The number of rotatable bonds is 6. The molecule has 0 saturated heterocycles. The van der Waals surface area contributed by atoms with Crippen molar-refractivity contribution in [2.45, 2.75) is 19.0 Å². The third-order valence-corrected chi connectivity index (χ3v) is 4.79. The Labute approximate surface area is 161 Å². The van der Waals surface area contributed by atoms with Crippen molar-refractivity contribution in [3.8, 4) is 0 Å². The van der Waals surface area contributed by atoms with Gasteiger partial charge in [0.2, 0.25) is 5.91 Å². The number of fused-ring (bicyclic) bond motifs is 1. The summed E-state index contributed by atoms with van der Waals surface area (Å²) in [5, 5.41) is 13.8. The van der Waals surface area contributed by atoms with Crippen LogP contribution in [-0.4, -0.2) is 40.1 Å². The van der Waals surface area contributed by atoms with Crippen LogP contribution in [0.3, 0.4) is 0 Å². The summed E-state index contributed by atoms with van der Waals surface area (Å²) in [6, 6.07) is 14.0. The second kappa shape index (κ2) is 8.14. The van der Waals surface area contributed by atoms with Crippen molar-refractivity contribution in [3.63, 3.8) is 0 Å². The van der Waals surface area contributed by atoms with Gasteiger partial charge in [-0.3, -0.25) is 9.69 Å². The largest absolute Gasteiger partial charge is 0.465 e. The molecule has 3 rings (SSSR count). The van der Waals surface area contributed by atoms with Crippen LogP contribution in [0, 0.1) is 0 Å². The fourth-order valence-electron chi connectivity index (χ4n) is 2.96. The molecule has 2 aromatic carbocycles. The molecule has 3 aromatic rings. The van der Waals surface area contributed by atoms with Gasteiger partial charge < -0.3 is 15.4 Å². The lowest BCUT2D eigenvalue weighted by Crippen LogP contribution is -2.48. The minimum absolute atomic E-state index is 0.277. The Morgan fingerprint density at radius 3 is 2.59 bits per heavy atom. The van der Waals surface area contributed by atoms with Crippen LogP contribution in [-0.2, 0) is 17.8 Å². The van der Waals surface area contributed by atoms with Gasteiger partial charge in [-0.1, -0.05) is 41.9 Å². The number of carbonyl (C=O) groups is 2. The van der Waals surface area contributed by atoms with Gasteiger partial charge in [0.05, 0.1) is 0 Å². The van der Waals surface area contributed by atoms with Crippen LogP contribution < -0.4 is 5.32 Å². The zero-order valence-corrected chi connectivity index (χ0v) is 15.5. The zero-order valence-electron chi connectivity index (χ0n) is 14.8. The first kappa shape index (κ1) is 18.8. The first-order chi connectivity index (χ1) is 13.0. The van der Waals surface area contributed by atoms with Gasteiger partial charge in [-0.15, -0.1) is 0 Å². The van der Waals surface area contributed by atoms with Crippen molar-refractivity contribution in [2.75, 3.05) is 7.05 Å². The van der Waals surface area contributed by atoms with Crippen molar-refractivity contribution in [1.82, 2.24) is 15.2 Å². The molecule has 0 aliphatic rings. The molecule has 0 radical (unpaired) electrons. The van der Waals surface area contributed by atoms with Crippen LogP contribution in [0.2, 0.25) is 5.02 Å². The molecule has 1 atom stereocenters. The summed E-state index contributed by atoms with van der Waals surface area (Å²) in [5.41, 5.74) is 2.73. The molecule has 27 heavy (non-hydrogen) atoms. The molecule has 7 heteroatoms. The lowest BCUT2D eigenvalue weighted by atomic mass is 10.0. The molecule has 0 saturated carbocycles. The van der Waals surface area contributed by atoms with Crippen LogP contribution in [0.5, 0.6) is 0 Å². The smallest absolute Gasteiger partial charge is 0.407 e. The number of halogens is 1. The molecule has 2 amide bonds. The molecular weight excluding hydrogens is 366 g/mol. The highest BCUT2D eigenvalue weighted by Gasteiger charge is 2.27. The van der Waals surface area contributed by atoms with E-state index < -0.39 is 12.1 Å². The van der Waals surface area contributed by atoms with Crippen LogP contribution in [0.15, 0.2) is 54.7 Å². The molecule has 3 N–H and O–H groups in total. The normalized spacial score (nSPS) is 11.9. The standard InChI is InChI=1S/C20H20ClN3O3/c1-24(20(26)27)18(10-14-12-22-17-5-3-2-4-16(14)17)19(25)23-11-13-6-8-15(21)9-7-13/h2-9,12,18,22H,10-11H2,1H3,(H,23,25)(H,26,27)/t18-/m0/s1. The molecule has 0 unspecified atom stereocenters. The lowest BCUT2D eigenvalue weighted by molar-refractivity contribution is -0.125. The fraction of sp³-hybridized carbons (Fsp3) is 0.200. The molecule has 6 nitrogen and oxygen atoms in total. The van der Waals surface area contributed by atoms with Gasteiger partial charge in [0.25, 0.3) is 0 Å². The van der Waals surface area contributed by atoms with E-state index in [2.05, 4.69) is 10.3 Å². The summed E-state index contributed by atoms with van der Waals surface area (Å²) >= 11 is 5.87. The maximum Gasteiger partial charge on any atom is 0.407 e. The summed E-state index contributed by atoms with van der Waals surface area (Å²) in [6.45, 7) is 0.299. The third-order valence-electron chi connectivity index (χ3n) is 4.54. The molecule has 0 spiro atoms. The lowest BCUT2D eigenvalue weighted by Gasteiger charge is -2.24. The number of hydrogen-bond acceptors (Lipinski definition) is 2. The molecule has 1 aromatic heterocycles. The Bertz CT molecular complexity index is 953. The molecule has 140 valence electrons. The van der Waals surface area contributed by atoms with Crippen molar-refractivity contribution < 1.29 is 14.7 Å². The Hall–Kier alpha value is -2.99. The second-order valence-corrected chi connectivity index (χ2v) is 6.75. The summed E-state index contributed by atoms with van der Waals surface area (Å²) < 4.78 is 0. The average Bonchev–Trinajstić information content (AvgIpc) is 3.08. The first-order valence-corrected chi connectivity index (χ1v) is 8.86. The van der Waals surface area contributed by atoms with E-state index in [1.807, 2.05) is 42.6 Å². The van der Waals surface area contributed by atoms with E-state index in [1.54, 1.807) is 12.1 Å². The highest BCUT2D eigenvalue weighted by atomic mass is 35.5. The predicted molar refractivity (Wildman–Crippen MR) is 105 cm³/mol. The molecule has 0 bridgehead atoms. The summed E-state index contributed by atoms with van der Waals surface area (Å²) in [6.07, 6.45) is 0.945. The minimum atomic E-state index is -1.15. The molecule has 0 aliphatic heterocycles. The summed E-state index contributed by atoms with van der Waals surface area (Å²) in [5.74, 6) is -0.347. The number of aromatic nitrogens is 1. The van der Waals surface area contributed by atoms with Gasteiger partial charge in [0, 0.05) is 42.1 Å². The molecular formula is C20H20ClN3O3. The number of amides is 2. The van der Waals surface area contributed by atoms with Gasteiger partial charge in [-0.2, -0.15) is 0 Å². The number of likely N-dealkylation sites (N-methyl/N-ethyl adjacent to an activating group) is 1. The van der Waals surface area contributed by atoms with Crippen molar-refractivity contribution in [2.24, 2.45) is 0 Å². The van der Waals surface area contributed by atoms with Crippen molar-refractivity contribution in [1.29, 1.82) is 0 Å². The van der Waals surface area contributed by atoms with E-state index in [4.69, 9.17) is 11.6 Å². The van der Waals surface area contributed by atoms with Crippen LogP contribution in [0.1, 0.15) is 11.1 Å². The van der Waals surface area contributed by atoms with Crippen LogP contribution >= 0.6 is 11.6 Å². The van der Waals surface area contributed by atoms with Crippen molar-refractivity contribution in [3.05, 3.63) is 70.9 Å². The van der Waals surface area contributed by atoms with Gasteiger partial charge in [-0.25, -0.2) is 4.79 Å². The van der Waals surface area contributed by atoms with Gasteiger partial charge in [0.1, 0.15) is 6.04 Å². The second-order valence-electron chi connectivity index (χ2n) is 6.32. The quantitative estimate of drug-likeness (QED) is 0.605. The molecule has 0 aliphatic carbocycles. The van der Waals surface area contributed by atoms with E-state index in [1.165, 1.54) is 7.05 Å². The maximum absolute atomic E-state index is 12.7. The van der Waals surface area contributed by atoms with Gasteiger partial charge in [0.15, 0.2) is 0 Å². The number of nitrogens with one attached hydrogen (secondary N) is 2. The Morgan fingerprint density at radius 1 is 1.19 bits per heavy atom. The number of carbonyl (C=O) groups excluding carboxylic acids is 1. The van der Waals surface area contributed by atoms with Crippen molar-refractivity contribution >= 4 is 34.5 Å². The number of carboxylic acid groups (broad SMARTS) is 1. The Morgan fingerprint density at radius 2 is 1.89 bits per heavy atom.